The molecular weight excluding hydrogens is 303 g/mol. The van der Waals surface area contributed by atoms with Crippen molar-refractivity contribution in [3.05, 3.63) is 33.4 Å². The van der Waals surface area contributed by atoms with E-state index < -0.39 is 0 Å². The molecule has 1 fully saturated rings. The Balaban J connectivity index is 1.82. The van der Waals surface area contributed by atoms with Crippen LogP contribution >= 0.6 is 34.4 Å². The summed E-state index contributed by atoms with van der Waals surface area (Å²) in [5, 5.41) is 0.939. The van der Waals surface area contributed by atoms with Crippen LogP contribution in [-0.4, -0.2) is 5.25 Å². The van der Waals surface area contributed by atoms with Gasteiger partial charge >= 0.3 is 0 Å². The predicted molar refractivity (Wildman–Crippen MR) is 72.7 cm³/mol. The molecule has 0 heterocycles. The van der Waals surface area contributed by atoms with Gasteiger partial charge in [0.15, 0.2) is 0 Å². The van der Waals surface area contributed by atoms with Gasteiger partial charge in [-0.05, 0) is 53.1 Å². The van der Waals surface area contributed by atoms with E-state index in [9.17, 15) is 0 Å². The van der Waals surface area contributed by atoms with Gasteiger partial charge in [-0.15, -0.1) is 0 Å². The van der Waals surface area contributed by atoms with E-state index in [1.165, 1.54) is 40.6 Å². The van der Waals surface area contributed by atoms with E-state index in [1.54, 1.807) is 0 Å². The molecule has 1 aromatic rings. The standard InChI is InChI=1S/C12H15IS/c13-11-7-5-10(6-8-11)9-14-12-3-1-2-4-12/h5-8,12H,1-4,9H2. The summed E-state index contributed by atoms with van der Waals surface area (Å²) in [6.45, 7) is 0. The minimum Gasteiger partial charge on any atom is -0.154 e. The van der Waals surface area contributed by atoms with Gasteiger partial charge in [-0.25, -0.2) is 0 Å². The van der Waals surface area contributed by atoms with E-state index in [0.717, 1.165) is 5.25 Å². The Labute approximate surface area is 104 Å². The van der Waals surface area contributed by atoms with Crippen LogP contribution in [0.2, 0.25) is 0 Å². The van der Waals surface area contributed by atoms with Crippen molar-refractivity contribution in [3.63, 3.8) is 0 Å². The van der Waals surface area contributed by atoms with Crippen LogP contribution in [0.25, 0.3) is 0 Å². The van der Waals surface area contributed by atoms with Gasteiger partial charge in [0.1, 0.15) is 0 Å². The Morgan fingerprint density at radius 2 is 1.79 bits per heavy atom. The van der Waals surface area contributed by atoms with Crippen LogP contribution in [-0.2, 0) is 5.75 Å². The summed E-state index contributed by atoms with van der Waals surface area (Å²) in [6, 6.07) is 8.91. The van der Waals surface area contributed by atoms with Gasteiger partial charge in [0, 0.05) is 14.6 Å². The minimum absolute atomic E-state index is 0.939. The second kappa shape index (κ2) is 5.40. The van der Waals surface area contributed by atoms with Crippen molar-refractivity contribution in [2.45, 2.75) is 36.7 Å². The zero-order valence-corrected chi connectivity index (χ0v) is 11.2. The molecule has 0 atom stereocenters. The second-order valence-corrected chi connectivity index (χ2v) is 6.38. The summed E-state index contributed by atoms with van der Waals surface area (Å²) in [4.78, 5) is 0. The summed E-state index contributed by atoms with van der Waals surface area (Å²) < 4.78 is 1.33. The highest BCUT2D eigenvalue weighted by Crippen LogP contribution is 2.31. The van der Waals surface area contributed by atoms with Crippen molar-refractivity contribution >= 4 is 34.4 Å². The van der Waals surface area contributed by atoms with Crippen molar-refractivity contribution in [1.29, 1.82) is 0 Å². The van der Waals surface area contributed by atoms with Crippen molar-refractivity contribution in [1.82, 2.24) is 0 Å². The number of rotatable bonds is 3. The first kappa shape index (κ1) is 10.8. The average molecular weight is 318 g/mol. The van der Waals surface area contributed by atoms with Crippen LogP contribution in [0.1, 0.15) is 31.2 Å². The lowest BCUT2D eigenvalue weighted by atomic mass is 10.2. The Morgan fingerprint density at radius 3 is 2.43 bits per heavy atom. The Morgan fingerprint density at radius 1 is 1.14 bits per heavy atom. The van der Waals surface area contributed by atoms with Crippen molar-refractivity contribution < 1.29 is 0 Å². The molecule has 0 nitrogen and oxygen atoms in total. The number of hydrogen-bond donors (Lipinski definition) is 0. The highest BCUT2D eigenvalue weighted by Gasteiger charge is 2.14. The molecule has 0 N–H and O–H groups in total. The largest absolute Gasteiger partial charge is 0.154 e. The Hall–Kier alpha value is 0.300. The van der Waals surface area contributed by atoms with Crippen molar-refractivity contribution in [2.24, 2.45) is 0 Å². The molecule has 2 heteroatoms. The summed E-state index contributed by atoms with van der Waals surface area (Å²) in [6.07, 6.45) is 5.78. The molecule has 0 amide bonds. The minimum atomic E-state index is 0.939. The molecule has 0 saturated heterocycles. The van der Waals surface area contributed by atoms with Gasteiger partial charge in [-0.3, -0.25) is 0 Å². The second-order valence-electron chi connectivity index (χ2n) is 3.84. The first-order chi connectivity index (χ1) is 6.84. The normalized spacial score (nSPS) is 17.5. The fourth-order valence-electron chi connectivity index (χ4n) is 1.85. The highest BCUT2D eigenvalue weighted by molar-refractivity contribution is 14.1. The molecule has 0 radical (unpaired) electrons. The van der Waals surface area contributed by atoms with Gasteiger partial charge in [0.05, 0.1) is 0 Å². The Bertz CT molecular complexity index is 275. The van der Waals surface area contributed by atoms with Crippen LogP contribution in [0, 0.1) is 3.57 Å². The van der Waals surface area contributed by atoms with Crippen LogP contribution in [0.5, 0.6) is 0 Å². The number of hydrogen-bond acceptors (Lipinski definition) is 1. The van der Waals surface area contributed by atoms with Crippen LogP contribution in [0.4, 0.5) is 0 Å². The molecular formula is C12H15IS. The third-order valence-electron chi connectivity index (χ3n) is 2.70. The summed E-state index contributed by atoms with van der Waals surface area (Å²) in [5.74, 6) is 1.20. The monoisotopic (exact) mass is 318 g/mol. The van der Waals surface area contributed by atoms with Gasteiger partial charge in [-0.1, -0.05) is 25.0 Å². The molecule has 76 valence electrons. The fourth-order valence-corrected chi connectivity index (χ4v) is 3.50. The summed E-state index contributed by atoms with van der Waals surface area (Å²) >= 11 is 4.50. The predicted octanol–water partition coefficient (Wildman–Crippen LogP) is 4.47. The molecule has 0 bridgehead atoms. The molecule has 1 aliphatic rings. The number of thioether (sulfide) groups is 1. The lowest BCUT2D eigenvalue weighted by Crippen LogP contribution is -1.94. The van der Waals surface area contributed by atoms with Crippen LogP contribution < -0.4 is 0 Å². The van der Waals surface area contributed by atoms with Crippen LogP contribution in [0.15, 0.2) is 24.3 Å². The van der Waals surface area contributed by atoms with E-state index in [4.69, 9.17) is 0 Å². The van der Waals surface area contributed by atoms with Gasteiger partial charge < -0.3 is 0 Å². The van der Waals surface area contributed by atoms with E-state index in [-0.39, 0.29) is 0 Å². The third-order valence-corrected chi connectivity index (χ3v) is 4.86. The Kier molecular flexibility index (Phi) is 4.17. The van der Waals surface area contributed by atoms with Crippen molar-refractivity contribution in [2.75, 3.05) is 0 Å². The zero-order valence-electron chi connectivity index (χ0n) is 8.21. The SMILES string of the molecule is Ic1ccc(CSC2CCCC2)cc1. The molecule has 0 unspecified atom stereocenters. The topological polar surface area (TPSA) is 0 Å². The van der Waals surface area contributed by atoms with E-state index >= 15 is 0 Å². The number of benzene rings is 1. The summed E-state index contributed by atoms with van der Waals surface area (Å²) in [5.41, 5.74) is 1.47. The highest BCUT2D eigenvalue weighted by atomic mass is 127. The lowest BCUT2D eigenvalue weighted by molar-refractivity contribution is 0.886. The van der Waals surface area contributed by atoms with Crippen LogP contribution in [0.3, 0.4) is 0 Å². The average Bonchev–Trinajstić information content (AvgIpc) is 2.70. The molecule has 1 aliphatic carbocycles. The molecule has 0 aliphatic heterocycles. The maximum absolute atomic E-state index is 2.36. The van der Waals surface area contributed by atoms with Crippen molar-refractivity contribution in [3.8, 4) is 0 Å². The van der Waals surface area contributed by atoms with E-state index in [1.807, 2.05) is 0 Å². The van der Waals surface area contributed by atoms with E-state index in [2.05, 4.69) is 58.6 Å². The quantitative estimate of drug-likeness (QED) is 0.741. The van der Waals surface area contributed by atoms with Gasteiger partial charge in [-0.2, -0.15) is 11.8 Å². The lowest BCUT2D eigenvalue weighted by Gasteiger charge is -2.08. The molecule has 1 saturated carbocycles. The first-order valence-corrected chi connectivity index (χ1v) is 7.33. The summed E-state index contributed by atoms with van der Waals surface area (Å²) in [7, 11) is 0. The maximum atomic E-state index is 2.36. The molecule has 14 heavy (non-hydrogen) atoms. The van der Waals surface area contributed by atoms with E-state index in [0.29, 0.717) is 0 Å². The molecule has 2 rings (SSSR count). The van der Waals surface area contributed by atoms with Gasteiger partial charge in [0.2, 0.25) is 0 Å². The smallest absolute Gasteiger partial charge is 0.0187 e. The molecule has 1 aromatic carbocycles. The fraction of sp³-hybridized carbons (Fsp3) is 0.500. The first-order valence-electron chi connectivity index (χ1n) is 5.20. The van der Waals surface area contributed by atoms with Gasteiger partial charge in [0.25, 0.3) is 0 Å². The maximum Gasteiger partial charge on any atom is 0.0187 e. The zero-order chi connectivity index (χ0) is 9.80. The molecule has 0 aromatic heterocycles. The third kappa shape index (κ3) is 3.16. The molecule has 0 spiro atoms. The number of halogens is 1.